The van der Waals surface area contributed by atoms with Crippen molar-refractivity contribution in [3.63, 3.8) is 0 Å². The van der Waals surface area contributed by atoms with Crippen LogP contribution in [0.25, 0.3) is 0 Å². The summed E-state index contributed by atoms with van der Waals surface area (Å²) in [4.78, 5) is 45.9. The van der Waals surface area contributed by atoms with Crippen LogP contribution in [0.5, 0.6) is 0 Å². The number of ether oxygens (including phenoxy) is 1. The molecule has 0 radical (unpaired) electrons. The fourth-order valence-electron chi connectivity index (χ4n) is 3.57. The van der Waals surface area contributed by atoms with Gasteiger partial charge in [0.15, 0.2) is 11.5 Å². The van der Waals surface area contributed by atoms with Gasteiger partial charge in [0.25, 0.3) is 5.91 Å². The van der Waals surface area contributed by atoms with Crippen molar-refractivity contribution in [3.05, 3.63) is 52.5 Å². The zero-order valence-electron chi connectivity index (χ0n) is 26.0. The van der Waals surface area contributed by atoms with E-state index in [2.05, 4.69) is 75.6 Å². The number of hydrogen-bond acceptors (Lipinski definition) is 7. The Hall–Kier alpha value is -5.87. The Balaban J connectivity index is -0.000000106. The number of benzene rings is 2. The topological polar surface area (TPSA) is 108 Å². The Labute approximate surface area is 298 Å². The predicted octanol–water partition coefficient (Wildman–Crippen LogP) is 8.49. The summed E-state index contributed by atoms with van der Waals surface area (Å²) in [5.74, 6) is 21.5. The molecule has 0 aliphatic heterocycles. The number of carbonyl (C=O) groups is 3. The molecule has 0 aliphatic rings. The number of Topliss-reactive ketones (excluding diaryl/α,β-unsaturated/α-hetero) is 1. The highest BCUT2D eigenvalue weighted by Crippen LogP contribution is 2.28. The third-order valence-electron chi connectivity index (χ3n) is 5.86. The van der Waals surface area contributed by atoms with Gasteiger partial charge in [-0.1, -0.05) is 32.4 Å². The largest absolute Gasteiger partial charge is 0.395 e. The predicted molar refractivity (Wildman–Crippen MR) is 215 cm³/mol. The lowest BCUT2D eigenvalue weighted by Crippen LogP contribution is -2.37. The van der Waals surface area contributed by atoms with Crippen molar-refractivity contribution in [3.8, 4) is 71.7 Å². The number of rotatable bonds is 9. The van der Waals surface area contributed by atoms with Gasteiger partial charge in [-0.2, -0.15) is 0 Å². The van der Waals surface area contributed by atoms with E-state index >= 15 is 0 Å². The van der Waals surface area contributed by atoms with Crippen LogP contribution in [-0.2, 0) is 14.3 Å². The molecule has 46 heavy (non-hydrogen) atoms. The summed E-state index contributed by atoms with van der Waals surface area (Å²) in [7, 11) is 0. The highest BCUT2D eigenvalue weighted by atomic mass is 35.5. The van der Waals surface area contributed by atoms with Gasteiger partial charge in [-0.3, -0.25) is 9.59 Å². The number of aliphatic hydroxyl groups excluding tert-OH is 1. The number of ketones is 1. The number of terminal acetylenes is 1. The summed E-state index contributed by atoms with van der Waals surface area (Å²) in [6.45, 7) is 9.96. The standard InChI is InChI=1S/C37H30ClN3O5.16H2/c1-7-9-10-11-12-13-14-15-16-17-24-46-36(45)28-18-20-30(38)32(26-28)40-35(44)33(34(43)37(4,5)6)39-31-21-19-29(25-27(31)3)41(8-2)22-23-42;;;;;;;;;;;;;;;;/h1,18-21,25-26,42H,8,22-23H2,2-6H3,(H,40,44);16*1H. The van der Waals surface area contributed by atoms with Crippen molar-refractivity contribution >= 4 is 52.0 Å². The van der Waals surface area contributed by atoms with E-state index in [0.29, 0.717) is 18.8 Å². The molecular formula is C37H62ClN3O5. The second-order valence-electron chi connectivity index (χ2n) is 10.2. The van der Waals surface area contributed by atoms with Crippen molar-refractivity contribution < 1.29 is 47.1 Å². The molecule has 2 aromatic rings. The van der Waals surface area contributed by atoms with E-state index < -0.39 is 23.1 Å². The summed E-state index contributed by atoms with van der Waals surface area (Å²) >= 11 is 6.31. The van der Waals surface area contributed by atoms with Gasteiger partial charge < -0.3 is 20.1 Å². The van der Waals surface area contributed by atoms with E-state index in [1.54, 1.807) is 26.8 Å². The minimum absolute atomic E-state index is 0. The second-order valence-corrected chi connectivity index (χ2v) is 10.6. The minimum atomic E-state index is -0.934. The Morgan fingerprint density at radius 3 is 2.20 bits per heavy atom. The maximum Gasteiger partial charge on any atom is 0.352 e. The summed E-state index contributed by atoms with van der Waals surface area (Å²) in [5, 5.41) is 12.1. The van der Waals surface area contributed by atoms with Gasteiger partial charge in [0.2, 0.25) is 0 Å². The smallest absolute Gasteiger partial charge is 0.352 e. The molecule has 0 atom stereocenters. The number of aliphatic imine (C=N–C) groups is 1. The van der Waals surface area contributed by atoms with Crippen molar-refractivity contribution in [2.75, 3.05) is 29.9 Å². The number of amides is 1. The molecule has 0 saturated heterocycles. The number of likely N-dealkylation sites (N-methyl/N-ethyl adjacent to an activating group) is 1. The van der Waals surface area contributed by atoms with Gasteiger partial charge >= 0.3 is 5.97 Å². The Morgan fingerprint density at radius 2 is 1.63 bits per heavy atom. The van der Waals surface area contributed by atoms with Crippen LogP contribution in [0.2, 0.25) is 5.02 Å². The molecule has 0 bridgehead atoms. The first-order valence-electron chi connectivity index (χ1n) is 13.8. The highest BCUT2D eigenvalue weighted by Gasteiger charge is 2.31. The SMILES string of the molecule is C#CC#CC#CC#CC#CC#COC(=O)c1ccc(Cl)c(NC(=O)C(=Nc2ccc(N(CC)CCO)cc2C)C(=O)C(C)(C)C)c1.[HH].[HH].[HH].[HH].[HH].[HH].[HH].[HH].[HH].[HH].[HH].[HH].[HH].[HH].[HH].[HH]. The van der Waals surface area contributed by atoms with Crippen molar-refractivity contribution in [1.82, 2.24) is 0 Å². The minimum Gasteiger partial charge on any atom is -0.395 e. The summed E-state index contributed by atoms with van der Waals surface area (Å²) < 4.78 is 4.91. The van der Waals surface area contributed by atoms with Crippen LogP contribution in [0, 0.1) is 84.1 Å². The van der Waals surface area contributed by atoms with E-state index in [1.165, 1.54) is 18.2 Å². The average molecular weight is 664 g/mol. The number of aliphatic hydroxyl groups is 1. The molecule has 2 N–H and O–H groups in total. The highest BCUT2D eigenvalue weighted by molar-refractivity contribution is 6.68. The zero-order chi connectivity index (χ0) is 34.1. The third kappa shape index (κ3) is 11.3. The van der Waals surface area contributed by atoms with Crippen molar-refractivity contribution in [1.29, 1.82) is 0 Å². The van der Waals surface area contributed by atoms with E-state index in [1.807, 2.05) is 30.9 Å². The lowest BCUT2D eigenvalue weighted by atomic mass is 9.87. The van der Waals surface area contributed by atoms with Crippen LogP contribution >= 0.6 is 11.6 Å². The van der Waals surface area contributed by atoms with Gasteiger partial charge in [0, 0.05) is 76.6 Å². The first-order chi connectivity index (χ1) is 21.9. The molecule has 0 aromatic heterocycles. The normalized spacial score (nSPS) is 9.83. The fourth-order valence-corrected chi connectivity index (χ4v) is 3.74. The number of carbonyl (C=O) groups excluding carboxylic acids is 3. The van der Waals surface area contributed by atoms with Crippen LogP contribution in [0.1, 0.15) is 66.4 Å². The van der Waals surface area contributed by atoms with Gasteiger partial charge in [0.05, 0.1) is 28.6 Å². The van der Waals surface area contributed by atoms with Crippen LogP contribution < -0.4 is 10.2 Å². The van der Waals surface area contributed by atoms with Crippen LogP contribution in [-0.4, -0.2) is 48.2 Å². The number of hydrogen-bond donors (Lipinski definition) is 2. The molecule has 0 aliphatic carbocycles. The zero-order valence-corrected chi connectivity index (χ0v) is 26.8. The van der Waals surface area contributed by atoms with Crippen molar-refractivity contribution in [2.45, 2.75) is 34.6 Å². The molecule has 1 amide bonds. The molecule has 0 fully saturated rings. The molecule has 0 unspecified atom stereocenters. The number of anilines is 2. The van der Waals surface area contributed by atoms with Crippen LogP contribution in [0.3, 0.4) is 0 Å². The van der Waals surface area contributed by atoms with E-state index in [4.69, 9.17) is 22.8 Å². The van der Waals surface area contributed by atoms with Gasteiger partial charge in [-0.15, -0.1) is 6.42 Å². The fraction of sp³-hybridized carbons (Fsp3) is 0.243. The van der Waals surface area contributed by atoms with Gasteiger partial charge in [0.1, 0.15) is 6.11 Å². The van der Waals surface area contributed by atoms with E-state index in [0.717, 1.165) is 11.3 Å². The molecule has 2 rings (SSSR count). The first-order valence-corrected chi connectivity index (χ1v) is 14.2. The maximum atomic E-state index is 13.5. The number of esters is 1. The van der Waals surface area contributed by atoms with Gasteiger partial charge in [-0.05, 0) is 85.4 Å². The lowest BCUT2D eigenvalue weighted by molar-refractivity contribution is -0.121. The average Bonchev–Trinajstić information content (AvgIpc) is 3.02. The maximum absolute atomic E-state index is 13.5. The molecule has 262 valence electrons. The molecule has 9 heteroatoms. The summed E-state index contributed by atoms with van der Waals surface area (Å²) in [6, 6.07) is 9.46. The van der Waals surface area contributed by atoms with E-state index in [9.17, 15) is 19.5 Å². The molecule has 0 spiro atoms. The van der Waals surface area contributed by atoms with Crippen LogP contribution in [0.4, 0.5) is 17.1 Å². The quantitative estimate of drug-likeness (QED) is 0.121. The number of halogens is 1. The van der Waals surface area contributed by atoms with Gasteiger partial charge in [-0.25, -0.2) is 9.79 Å². The first kappa shape index (κ1) is 36.3. The molecular weight excluding hydrogens is 602 g/mol. The Morgan fingerprint density at radius 1 is 1.00 bits per heavy atom. The molecule has 0 heterocycles. The molecule has 2 aromatic carbocycles. The van der Waals surface area contributed by atoms with Crippen molar-refractivity contribution in [2.24, 2.45) is 10.4 Å². The number of aryl methyl sites for hydroxylation is 1. The Kier molecular flexibility index (Phi) is 14.3. The summed E-state index contributed by atoms with van der Waals surface area (Å²) in [6.07, 6.45) is 7.13. The van der Waals surface area contributed by atoms with Crippen LogP contribution in [0.15, 0.2) is 41.4 Å². The lowest BCUT2D eigenvalue weighted by Gasteiger charge is -2.23. The molecule has 0 saturated carbocycles. The second kappa shape index (κ2) is 18.1. The number of nitrogens with zero attached hydrogens (tertiary/aromatic N) is 2. The number of nitrogens with one attached hydrogen (secondary N) is 1. The van der Waals surface area contributed by atoms with E-state index in [-0.39, 0.29) is 51.4 Å². The molecule has 8 nitrogen and oxygen atoms in total. The monoisotopic (exact) mass is 663 g/mol. The third-order valence-corrected chi connectivity index (χ3v) is 6.19. The summed E-state index contributed by atoms with van der Waals surface area (Å²) in [5.41, 5.74) is 0.828. The Bertz CT molecular complexity index is 1960.